The van der Waals surface area contributed by atoms with E-state index < -0.39 is 9.84 Å². The van der Waals surface area contributed by atoms with Gasteiger partial charge in [0, 0.05) is 12.2 Å². The quantitative estimate of drug-likeness (QED) is 0.446. The highest BCUT2D eigenvalue weighted by Gasteiger charge is 2.22. The molecule has 19 heavy (non-hydrogen) atoms. The van der Waals surface area contributed by atoms with Crippen molar-refractivity contribution in [2.45, 2.75) is 17.7 Å². The van der Waals surface area contributed by atoms with Gasteiger partial charge in [-0.3, -0.25) is 5.41 Å². The summed E-state index contributed by atoms with van der Waals surface area (Å²) in [5.74, 6) is 0.451. The second-order valence-corrected chi connectivity index (χ2v) is 6.89. The number of hydrogen-bond acceptors (Lipinski definition) is 4. The molecule has 0 spiro atoms. The van der Waals surface area contributed by atoms with Crippen LogP contribution in [0.3, 0.4) is 0 Å². The second kappa shape index (κ2) is 5.71. The van der Waals surface area contributed by atoms with E-state index in [9.17, 15) is 8.42 Å². The lowest BCUT2D eigenvalue weighted by Crippen LogP contribution is -2.15. The Morgan fingerprint density at radius 3 is 2.79 bits per heavy atom. The first-order chi connectivity index (χ1) is 8.99. The Balaban J connectivity index is 1.97. The summed E-state index contributed by atoms with van der Waals surface area (Å²) >= 11 is 0. The highest BCUT2D eigenvalue weighted by molar-refractivity contribution is 7.91. The summed E-state index contributed by atoms with van der Waals surface area (Å²) in [7, 11) is -3.37. The molecular formula is C13H18N2O3S. The van der Waals surface area contributed by atoms with Crippen LogP contribution in [-0.2, 0) is 14.6 Å². The molecule has 1 aromatic carbocycles. The molecule has 2 rings (SSSR count). The summed E-state index contributed by atoms with van der Waals surface area (Å²) in [5.41, 5.74) is 5.77. The molecule has 1 aromatic rings. The van der Waals surface area contributed by atoms with Crippen molar-refractivity contribution in [1.29, 1.82) is 5.41 Å². The predicted octanol–water partition coefficient (Wildman–Crippen LogP) is 1.17. The highest BCUT2D eigenvalue weighted by Crippen LogP contribution is 2.28. The Morgan fingerprint density at radius 2 is 2.16 bits per heavy atom. The SMILES string of the molecule is N=C(N)c1cccc(S(=O)(=O)CCOCC2CC2)c1. The molecule has 0 saturated heterocycles. The second-order valence-electron chi connectivity index (χ2n) is 4.78. The molecule has 1 saturated carbocycles. The third-order valence-electron chi connectivity index (χ3n) is 3.05. The molecule has 0 bridgehead atoms. The van der Waals surface area contributed by atoms with Crippen molar-refractivity contribution in [2.24, 2.45) is 11.7 Å². The van der Waals surface area contributed by atoms with E-state index >= 15 is 0 Å². The number of sulfone groups is 1. The largest absolute Gasteiger partial charge is 0.384 e. The number of rotatable bonds is 7. The first kappa shape index (κ1) is 14.0. The molecule has 0 aliphatic heterocycles. The number of amidine groups is 1. The number of benzene rings is 1. The van der Waals surface area contributed by atoms with Gasteiger partial charge in [-0.25, -0.2) is 8.42 Å². The molecule has 3 N–H and O–H groups in total. The maximum atomic E-state index is 12.1. The minimum Gasteiger partial charge on any atom is -0.384 e. The molecule has 104 valence electrons. The Labute approximate surface area is 113 Å². The molecule has 6 heteroatoms. The Hall–Kier alpha value is -1.40. The van der Waals surface area contributed by atoms with Crippen LogP contribution in [0.2, 0.25) is 0 Å². The van der Waals surface area contributed by atoms with Crippen LogP contribution in [-0.4, -0.2) is 33.2 Å². The molecule has 0 heterocycles. The van der Waals surface area contributed by atoms with E-state index in [0.717, 1.165) is 0 Å². The number of nitrogens with two attached hydrogens (primary N) is 1. The van der Waals surface area contributed by atoms with Crippen LogP contribution in [0, 0.1) is 11.3 Å². The van der Waals surface area contributed by atoms with Crippen LogP contribution in [0.15, 0.2) is 29.2 Å². The summed E-state index contributed by atoms with van der Waals surface area (Å²) in [6.07, 6.45) is 2.38. The molecule has 0 unspecified atom stereocenters. The zero-order chi connectivity index (χ0) is 13.9. The molecule has 0 radical (unpaired) electrons. The van der Waals surface area contributed by atoms with Crippen molar-refractivity contribution in [3.05, 3.63) is 29.8 Å². The molecule has 1 aliphatic rings. The first-order valence-corrected chi connectivity index (χ1v) is 7.89. The average molecular weight is 282 g/mol. The van der Waals surface area contributed by atoms with Gasteiger partial charge in [-0.05, 0) is 30.9 Å². The van der Waals surface area contributed by atoms with Crippen molar-refractivity contribution in [3.8, 4) is 0 Å². The van der Waals surface area contributed by atoms with Crippen LogP contribution in [0.5, 0.6) is 0 Å². The van der Waals surface area contributed by atoms with Gasteiger partial charge in [0.05, 0.1) is 17.3 Å². The molecule has 0 aromatic heterocycles. The third-order valence-corrected chi connectivity index (χ3v) is 4.73. The zero-order valence-corrected chi connectivity index (χ0v) is 11.4. The van der Waals surface area contributed by atoms with E-state index in [1.54, 1.807) is 12.1 Å². The van der Waals surface area contributed by atoms with Gasteiger partial charge in [-0.2, -0.15) is 0 Å². The predicted molar refractivity (Wildman–Crippen MR) is 73.1 cm³/mol. The van der Waals surface area contributed by atoms with Gasteiger partial charge in [0.15, 0.2) is 9.84 Å². The smallest absolute Gasteiger partial charge is 0.180 e. The van der Waals surface area contributed by atoms with Crippen LogP contribution in [0.4, 0.5) is 0 Å². The average Bonchev–Trinajstić information content (AvgIpc) is 3.19. The molecule has 1 aliphatic carbocycles. The van der Waals surface area contributed by atoms with Crippen molar-refractivity contribution < 1.29 is 13.2 Å². The maximum absolute atomic E-state index is 12.1. The van der Waals surface area contributed by atoms with E-state index in [1.165, 1.54) is 25.0 Å². The normalized spacial score (nSPS) is 15.4. The lowest BCUT2D eigenvalue weighted by Gasteiger charge is -2.07. The molecule has 0 atom stereocenters. The minimum absolute atomic E-state index is 0.0406. The fraction of sp³-hybridized carbons (Fsp3) is 0.462. The van der Waals surface area contributed by atoms with Gasteiger partial charge >= 0.3 is 0 Å². The van der Waals surface area contributed by atoms with Crippen molar-refractivity contribution in [2.75, 3.05) is 19.0 Å². The van der Waals surface area contributed by atoms with Crippen LogP contribution in [0.25, 0.3) is 0 Å². The Morgan fingerprint density at radius 1 is 1.42 bits per heavy atom. The number of nitrogens with one attached hydrogen (secondary N) is 1. The number of hydrogen-bond donors (Lipinski definition) is 2. The molecular weight excluding hydrogens is 264 g/mol. The molecule has 1 fully saturated rings. The van der Waals surface area contributed by atoms with Crippen molar-refractivity contribution >= 4 is 15.7 Å². The molecule has 0 amide bonds. The van der Waals surface area contributed by atoms with Crippen molar-refractivity contribution in [1.82, 2.24) is 0 Å². The standard InChI is InChI=1S/C13H18N2O3S/c14-13(15)11-2-1-3-12(8-11)19(16,17)7-6-18-9-10-4-5-10/h1-3,8,10H,4-7,9H2,(H3,14,15). The number of ether oxygens (including phenoxy) is 1. The highest BCUT2D eigenvalue weighted by atomic mass is 32.2. The summed E-state index contributed by atoms with van der Waals surface area (Å²) in [4.78, 5) is 0.190. The Bertz CT molecular complexity index is 565. The van der Waals surface area contributed by atoms with E-state index in [-0.39, 0.29) is 23.1 Å². The van der Waals surface area contributed by atoms with E-state index in [2.05, 4.69) is 0 Å². The lowest BCUT2D eigenvalue weighted by atomic mass is 10.2. The van der Waals surface area contributed by atoms with Gasteiger partial charge in [0.1, 0.15) is 5.84 Å². The third kappa shape index (κ3) is 4.04. The zero-order valence-electron chi connectivity index (χ0n) is 10.6. The summed E-state index contributed by atoms with van der Waals surface area (Å²) in [6, 6.07) is 6.15. The summed E-state index contributed by atoms with van der Waals surface area (Å²) < 4.78 is 29.5. The van der Waals surface area contributed by atoms with E-state index in [1.807, 2.05) is 0 Å². The van der Waals surface area contributed by atoms with E-state index in [0.29, 0.717) is 18.1 Å². The lowest BCUT2D eigenvalue weighted by molar-refractivity contribution is 0.138. The van der Waals surface area contributed by atoms with E-state index in [4.69, 9.17) is 15.9 Å². The van der Waals surface area contributed by atoms with Crippen molar-refractivity contribution in [3.63, 3.8) is 0 Å². The summed E-state index contributed by atoms with van der Waals surface area (Å²) in [6.45, 7) is 0.867. The van der Waals surface area contributed by atoms with Gasteiger partial charge < -0.3 is 10.5 Å². The minimum atomic E-state index is -3.37. The number of nitrogen functional groups attached to an aromatic ring is 1. The van der Waals surface area contributed by atoms with Gasteiger partial charge in [0.2, 0.25) is 0 Å². The van der Waals surface area contributed by atoms with Gasteiger partial charge in [-0.1, -0.05) is 12.1 Å². The van der Waals surface area contributed by atoms with Crippen LogP contribution in [0.1, 0.15) is 18.4 Å². The topological polar surface area (TPSA) is 93.2 Å². The van der Waals surface area contributed by atoms with Gasteiger partial charge in [0.25, 0.3) is 0 Å². The fourth-order valence-electron chi connectivity index (χ4n) is 1.68. The molecule has 5 nitrogen and oxygen atoms in total. The fourth-order valence-corrected chi connectivity index (χ4v) is 2.84. The van der Waals surface area contributed by atoms with Crippen LogP contribution < -0.4 is 5.73 Å². The summed E-state index contributed by atoms with van der Waals surface area (Å²) in [5, 5.41) is 7.32. The van der Waals surface area contributed by atoms with Crippen LogP contribution >= 0.6 is 0 Å². The monoisotopic (exact) mass is 282 g/mol. The first-order valence-electron chi connectivity index (χ1n) is 6.24. The van der Waals surface area contributed by atoms with Gasteiger partial charge in [-0.15, -0.1) is 0 Å². The maximum Gasteiger partial charge on any atom is 0.180 e. The Kier molecular flexibility index (Phi) is 4.21.